The van der Waals surface area contributed by atoms with Gasteiger partial charge in [0, 0.05) is 22.6 Å². The summed E-state index contributed by atoms with van der Waals surface area (Å²) in [6.45, 7) is 2.97. The Kier molecular flexibility index (Phi) is 5.38. The van der Waals surface area contributed by atoms with Gasteiger partial charge in [0.15, 0.2) is 0 Å². The molecule has 0 N–H and O–H groups in total. The van der Waals surface area contributed by atoms with Crippen LogP contribution >= 0.6 is 27.7 Å². The summed E-state index contributed by atoms with van der Waals surface area (Å²) >= 11 is 4.70. The average molecular weight is 396 g/mol. The normalized spacial score (nSPS) is 18.2. The van der Waals surface area contributed by atoms with Crippen LogP contribution in [0.5, 0.6) is 0 Å². The third-order valence-electron chi connectivity index (χ3n) is 3.94. The van der Waals surface area contributed by atoms with Crippen molar-refractivity contribution in [2.24, 2.45) is 0 Å². The van der Waals surface area contributed by atoms with Crippen molar-refractivity contribution in [2.45, 2.75) is 37.5 Å². The van der Waals surface area contributed by atoms with E-state index in [9.17, 15) is 4.79 Å². The number of halogens is 1. The highest BCUT2D eigenvalue weighted by molar-refractivity contribution is 9.10. The third-order valence-corrected chi connectivity index (χ3v) is 5.27. The minimum atomic E-state index is 0.144. The molecule has 1 aromatic carbocycles. The fourth-order valence-corrected chi connectivity index (χ4v) is 3.57. The largest absolute Gasteiger partial charge is 0.411 e. The van der Waals surface area contributed by atoms with Crippen molar-refractivity contribution in [3.8, 4) is 11.5 Å². The molecule has 0 saturated carbocycles. The molecule has 0 spiro atoms. The first-order valence-corrected chi connectivity index (χ1v) is 9.43. The molecule has 1 atom stereocenters. The van der Waals surface area contributed by atoms with Gasteiger partial charge in [-0.3, -0.25) is 4.79 Å². The van der Waals surface area contributed by atoms with Gasteiger partial charge in [-0.15, -0.1) is 10.2 Å². The molecule has 1 fully saturated rings. The van der Waals surface area contributed by atoms with Gasteiger partial charge in [-0.2, -0.15) is 0 Å². The molecular formula is C16H18BrN3O2S. The number of hydrogen-bond acceptors (Lipinski definition) is 5. The number of rotatable bonds is 4. The summed E-state index contributed by atoms with van der Waals surface area (Å²) in [6.07, 6.45) is 3.39. The van der Waals surface area contributed by atoms with E-state index in [0.29, 0.717) is 22.9 Å². The number of amides is 1. The summed E-state index contributed by atoms with van der Waals surface area (Å²) < 4.78 is 6.63. The Morgan fingerprint density at radius 1 is 1.35 bits per heavy atom. The molecule has 5 nitrogen and oxygen atoms in total. The monoisotopic (exact) mass is 395 g/mol. The minimum absolute atomic E-state index is 0.144. The number of nitrogens with zero attached hydrogens (tertiary/aromatic N) is 3. The molecule has 1 aromatic heterocycles. The number of benzene rings is 1. The number of piperidine rings is 1. The standard InChI is InChI=1S/C16H18BrN3O2S/c1-11-4-2-3-9-20(11)14(21)10-23-16-19-18-15(22-16)12-5-7-13(17)8-6-12/h5-8,11H,2-4,9-10H2,1H3/t11-/m0/s1. The van der Waals surface area contributed by atoms with E-state index in [1.54, 1.807) is 0 Å². The molecule has 23 heavy (non-hydrogen) atoms. The van der Waals surface area contributed by atoms with Gasteiger partial charge in [0.2, 0.25) is 11.8 Å². The number of thioether (sulfide) groups is 1. The number of aromatic nitrogens is 2. The Bertz CT molecular complexity index is 674. The SMILES string of the molecule is C[C@H]1CCCCN1C(=O)CSc1nnc(-c2ccc(Br)cc2)o1. The quantitative estimate of drug-likeness (QED) is 0.732. The Balaban J connectivity index is 1.58. The highest BCUT2D eigenvalue weighted by Crippen LogP contribution is 2.25. The van der Waals surface area contributed by atoms with Crippen LogP contribution in [0.2, 0.25) is 0 Å². The lowest BCUT2D eigenvalue weighted by molar-refractivity contribution is -0.131. The van der Waals surface area contributed by atoms with E-state index in [-0.39, 0.29) is 5.91 Å². The van der Waals surface area contributed by atoms with Crippen LogP contribution in [0.15, 0.2) is 38.4 Å². The molecule has 1 amide bonds. The lowest BCUT2D eigenvalue weighted by Crippen LogP contribution is -2.42. The predicted molar refractivity (Wildman–Crippen MR) is 93.2 cm³/mol. The van der Waals surface area contributed by atoms with E-state index in [0.717, 1.165) is 29.4 Å². The van der Waals surface area contributed by atoms with Crippen molar-refractivity contribution in [3.63, 3.8) is 0 Å². The lowest BCUT2D eigenvalue weighted by Gasteiger charge is -2.33. The van der Waals surface area contributed by atoms with E-state index in [1.165, 1.54) is 18.2 Å². The first-order chi connectivity index (χ1) is 11.1. The molecule has 0 bridgehead atoms. The lowest BCUT2D eigenvalue weighted by atomic mass is 10.0. The van der Waals surface area contributed by atoms with E-state index >= 15 is 0 Å². The molecule has 3 rings (SSSR count). The summed E-state index contributed by atoms with van der Waals surface area (Å²) in [5, 5.41) is 8.49. The van der Waals surface area contributed by atoms with Gasteiger partial charge in [0.05, 0.1) is 5.75 Å². The van der Waals surface area contributed by atoms with Crippen LogP contribution in [-0.2, 0) is 4.79 Å². The first-order valence-electron chi connectivity index (χ1n) is 7.65. The topological polar surface area (TPSA) is 59.2 Å². The molecular weight excluding hydrogens is 378 g/mol. The average Bonchev–Trinajstić information content (AvgIpc) is 3.03. The second kappa shape index (κ2) is 7.49. The second-order valence-corrected chi connectivity index (χ2v) is 7.44. The van der Waals surface area contributed by atoms with Crippen molar-refractivity contribution < 1.29 is 9.21 Å². The van der Waals surface area contributed by atoms with Crippen molar-refractivity contribution >= 4 is 33.6 Å². The number of likely N-dealkylation sites (tertiary alicyclic amines) is 1. The van der Waals surface area contributed by atoms with Gasteiger partial charge < -0.3 is 9.32 Å². The molecule has 1 saturated heterocycles. The zero-order chi connectivity index (χ0) is 16.2. The van der Waals surface area contributed by atoms with Crippen molar-refractivity contribution in [1.29, 1.82) is 0 Å². The van der Waals surface area contributed by atoms with Gasteiger partial charge in [-0.1, -0.05) is 27.7 Å². The van der Waals surface area contributed by atoms with Crippen molar-refractivity contribution in [2.75, 3.05) is 12.3 Å². The molecule has 0 unspecified atom stereocenters. The molecule has 1 aliphatic heterocycles. The highest BCUT2D eigenvalue weighted by atomic mass is 79.9. The zero-order valence-electron chi connectivity index (χ0n) is 12.9. The van der Waals surface area contributed by atoms with Gasteiger partial charge >= 0.3 is 0 Å². The fourth-order valence-electron chi connectivity index (χ4n) is 2.65. The first kappa shape index (κ1) is 16.5. The Labute approximate surface area is 148 Å². The summed E-state index contributed by atoms with van der Waals surface area (Å²) in [7, 11) is 0. The second-order valence-electron chi connectivity index (χ2n) is 5.60. The molecule has 0 radical (unpaired) electrons. The fraction of sp³-hybridized carbons (Fsp3) is 0.438. The Morgan fingerprint density at radius 2 is 2.13 bits per heavy atom. The van der Waals surface area contributed by atoms with E-state index in [1.807, 2.05) is 29.2 Å². The van der Waals surface area contributed by atoms with Crippen molar-refractivity contribution in [1.82, 2.24) is 15.1 Å². The van der Waals surface area contributed by atoms with Crippen molar-refractivity contribution in [3.05, 3.63) is 28.7 Å². The number of carbonyl (C=O) groups is 1. The summed E-state index contributed by atoms with van der Waals surface area (Å²) in [5.74, 6) is 0.955. The minimum Gasteiger partial charge on any atom is -0.411 e. The van der Waals surface area contributed by atoms with Crippen LogP contribution in [0.4, 0.5) is 0 Å². The summed E-state index contributed by atoms with van der Waals surface area (Å²) in [5.41, 5.74) is 0.864. The maximum atomic E-state index is 12.3. The Hall–Kier alpha value is -1.34. The molecule has 1 aliphatic rings. The van der Waals surface area contributed by atoms with E-state index < -0.39 is 0 Å². The highest BCUT2D eigenvalue weighted by Gasteiger charge is 2.23. The summed E-state index contributed by atoms with van der Waals surface area (Å²) in [4.78, 5) is 14.3. The van der Waals surface area contributed by atoms with Gasteiger partial charge in [-0.25, -0.2) is 0 Å². The van der Waals surface area contributed by atoms with Crippen LogP contribution in [0, 0.1) is 0 Å². The predicted octanol–water partition coefficient (Wildman–Crippen LogP) is 3.99. The van der Waals surface area contributed by atoms with Gasteiger partial charge in [-0.05, 0) is 50.5 Å². The summed E-state index contributed by atoms with van der Waals surface area (Å²) in [6, 6.07) is 8.00. The Morgan fingerprint density at radius 3 is 2.87 bits per heavy atom. The molecule has 122 valence electrons. The van der Waals surface area contributed by atoms with Gasteiger partial charge in [0.25, 0.3) is 5.22 Å². The van der Waals surface area contributed by atoms with Crippen LogP contribution in [-0.4, -0.2) is 39.3 Å². The molecule has 2 heterocycles. The van der Waals surface area contributed by atoms with Crippen LogP contribution in [0.1, 0.15) is 26.2 Å². The molecule has 7 heteroatoms. The number of hydrogen-bond donors (Lipinski definition) is 0. The van der Waals surface area contributed by atoms with E-state index in [4.69, 9.17) is 4.42 Å². The maximum absolute atomic E-state index is 12.3. The third kappa shape index (κ3) is 4.14. The smallest absolute Gasteiger partial charge is 0.277 e. The number of carbonyl (C=O) groups excluding carboxylic acids is 1. The zero-order valence-corrected chi connectivity index (χ0v) is 15.3. The van der Waals surface area contributed by atoms with Crippen LogP contribution in [0.3, 0.4) is 0 Å². The maximum Gasteiger partial charge on any atom is 0.277 e. The molecule has 0 aliphatic carbocycles. The van der Waals surface area contributed by atoms with Crippen LogP contribution in [0.25, 0.3) is 11.5 Å². The molecule has 2 aromatic rings. The van der Waals surface area contributed by atoms with E-state index in [2.05, 4.69) is 33.1 Å². The van der Waals surface area contributed by atoms with Crippen LogP contribution < -0.4 is 0 Å². The van der Waals surface area contributed by atoms with Gasteiger partial charge in [0.1, 0.15) is 0 Å².